The van der Waals surface area contributed by atoms with E-state index in [1.165, 1.54) is 6.20 Å². The molecule has 0 aromatic carbocycles. The van der Waals surface area contributed by atoms with Crippen molar-refractivity contribution >= 4 is 23.2 Å². The van der Waals surface area contributed by atoms with Crippen LogP contribution in [0.4, 0.5) is 8.78 Å². The number of amides is 2. The van der Waals surface area contributed by atoms with Crippen molar-refractivity contribution in [3.63, 3.8) is 0 Å². The van der Waals surface area contributed by atoms with Gasteiger partial charge < -0.3 is 10.2 Å². The molecular formula is C12H13F2N3O2S. The number of likely N-dealkylation sites (tertiary alicyclic amines) is 1. The van der Waals surface area contributed by atoms with Crippen LogP contribution in [0.15, 0.2) is 18.9 Å². The van der Waals surface area contributed by atoms with Crippen LogP contribution in [0.25, 0.3) is 0 Å². The van der Waals surface area contributed by atoms with E-state index in [1.54, 1.807) is 6.92 Å². The third-order valence-electron chi connectivity index (χ3n) is 2.92. The maximum absolute atomic E-state index is 13.8. The highest BCUT2D eigenvalue weighted by molar-refractivity contribution is 7.13. The molecule has 108 valence electrons. The highest BCUT2D eigenvalue weighted by Crippen LogP contribution is 2.28. The number of thiazole rings is 1. The van der Waals surface area contributed by atoms with E-state index in [4.69, 9.17) is 0 Å². The molecule has 2 heterocycles. The molecule has 0 aliphatic carbocycles. The molecule has 1 aromatic rings. The Hall–Kier alpha value is -1.83. The minimum atomic E-state index is -3.17. The number of nitrogens with one attached hydrogen (secondary N) is 1. The summed E-state index contributed by atoms with van der Waals surface area (Å²) in [6, 6.07) is -1.41. The summed E-state index contributed by atoms with van der Waals surface area (Å²) in [5.41, 5.74) is 0. The first kappa shape index (κ1) is 14.6. The van der Waals surface area contributed by atoms with Gasteiger partial charge in [-0.25, -0.2) is 13.8 Å². The number of carbonyl (C=O) groups excluding carboxylic acids is 2. The van der Waals surface area contributed by atoms with E-state index in [2.05, 4.69) is 16.9 Å². The number of aromatic nitrogens is 1. The topological polar surface area (TPSA) is 62.3 Å². The SMILES string of the molecule is C=CC(=O)N1CC(NC(=O)c2ncc(C)s2)C(F)(F)C1. The summed E-state index contributed by atoms with van der Waals surface area (Å²) in [6.45, 7) is 4.06. The van der Waals surface area contributed by atoms with Crippen LogP contribution in [0, 0.1) is 6.92 Å². The van der Waals surface area contributed by atoms with Crippen LogP contribution in [0.1, 0.15) is 14.7 Å². The third-order valence-corrected chi connectivity index (χ3v) is 3.83. The van der Waals surface area contributed by atoms with Crippen LogP contribution in [-0.2, 0) is 4.79 Å². The van der Waals surface area contributed by atoms with Crippen LogP contribution < -0.4 is 5.32 Å². The molecule has 0 radical (unpaired) electrons. The van der Waals surface area contributed by atoms with E-state index in [0.717, 1.165) is 27.2 Å². The normalized spacial score (nSPS) is 20.8. The lowest BCUT2D eigenvalue weighted by Gasteiger charge is -2.17. The Labute approximate surface area is 118 Å². The Morgan fingerprint density at radius 3 is 2.90 bits per heavy atom. The second-order valence-corrected chi connectivity index (χ2v) is 5.72. The Kier molecular flexibility index (Phi) is 3.85. The van der Waals surface area contributed by atoms with E-state index in [1.807, 2.05) is 0 Å². The Balaban J connectivity index is 2.07. The first-order valence-corrected chi connectivity index (χ1v) is 6.67. The molecule has 1 unspecified atom stereocenters. The predicted molar refractivity (Wildman–Crippen MR) is 69.8 cm³/mol. The van der Waals surface area contributed by atoms with E-state index < -0.39 is 30.3 Å². The van der Waals surface area contributed by atoms with Gasteiger partial charge in [-0.2, -0.15) is 0 Å². The first-order chi connectivity index (χ1) is 9.33. The average Bonchev–Trinajstić information content (AvgIpc) is 2.93. The third kappa shape index (κ3) is 2.84. The molecule has 1 aliphatic rings. The number of carbonyl (C=O) groups is 2. The first-order valence-electron chi connectivity index (χ1n) is 5.86. The molecule has 1 fully saturated rings. The zero-order valence-electron chi connectivity index (χ0n) is 10.7. The van der Waals surface area contributed by atoms with Gasteiger partial charge in [0.15, 0.2) is 5.01 Å². The molecule has 1 N–H and O–H groups in total. The van der Waals surface area contributed by atoms with Crippen LogP contribution in [0.5, 0.6) is 0 Å². The fourth-order valence-electron chi connectivity index (χ4n) is 1.91. The number of nitrogens with zero attached hydrogens (tertiary/aromatic N) is 2. The number of aryl methyl sites for hydroxylation is 1. The monoisotopic (exact) mass is 301 g/mol. The Morgan fingerprint density at radius 2 is 2.35 bits per heavy atom. The van der Waals surface area contributed by atoms with Crippen molar-refractivity contribution in [2.45, 2.75) is 18.9 Å². The number of rotatable bonds is 3. The van der Waals surface area contributed by atoms with Crippen LogP contribution in [-0.4, -0.2) is 46.8 Å². The fraction of sp³-hybridized carbons (Fsp3) is 0.417. The lowest BCUT2D eigenvalue weighted by atomic mass is 10.2. The fourth-order valence-corrected chi connectivity index (χ4v) is 2.58. The number of hydrogen-bond acceptors (Lipinski definition) is 4. The van der Waals surface area contributed by atoms with Crippen molar-refractivity contribution in [3.8, 4) is 0 Å². The molecule has 8 heteroatoms. The molecule has 2 rings (SSSR count). The molecule has 0 bridgehead atoms. The summed E-state index contributed by atoms with van der Waals surface area (Å²) in [5.74, 6) is -4.40. The van der Waals surface area contributed by atoms with Gasteiger partial charge in [-0.05, 0) is 13.0 Å². The van der Waals surface area contributed by atoms with Crippen LogP contribution in [0.3, 0.4) is 0 Å². The van der Waals surface area contributed by atoms with Gasteiger partial charge >= 0.3 is 0 Å². The second kappa shape index (κ2) is 5.28. The van der Waals surface area contributed by atoms with Crippen molar-refractivity contribution in [3.05, 3.63) is 28.7 Å². The summed E-state index contributed by atoms with van der Waals surface area (Å²) < 4.78 is 27.6. The lowest BCUT2D eigenvalue weighted by Crippen LogP contribution is -2.46. The minimum absolute atomic E-state index is 0.131. The van der Waals surface area contributed by atoms with Crippen molar-refractivity contribution in [1.82, 2.24) is 15.2 Å². The smallest absolute Gasteiger partial charge is 0.286 e. The maximum atomic E-state index is 13.8. The van der Waals surface area contributed by atoms with Gasteiger partial charge in [-0.1, -0.05) is 6.58 Å². The quantitative estimate of drug-likeness (QED) is 0.854. The summed E-state index contributed by atoms with van der Waals surface area (Å²) in [7, 11) is 0. The van der Waals surface area contributed by atoms with E-state index in [9.17, 15) is 18.4 Å². The van der Waals surface area contributed by atoms with Crippen molar-refractivity contribution < 1.29 is 18.4 Å². The molecule has 1 saturated heterocycles. The number of alkyl halides is 2. The molecular weight excluding hydrogens is 288 g/mol. The van der Waals surface area contributed by atoms with Crippen molar-refractivity contribution in [2.24, 2.45) is 0 Å². The highest BCUT2D eigenvalue weighted by atomic mass is 32.1. The molecule has 5 nitrogen and oxygen atoms in total. The number of halogens is 2. The van der Waals surface area contributed by atoms with E-state index in [-0.39, 0.29) is 11.6 Å². The Bertz CT molecular complexity index is 559. The van der Waals surface area contributed by atoms with E-state index >= 15 is 0 Å². The molecule has 1 aliphatic heterocycles. The van der Waals surface area contributed by atoms with Gasteiger partial charge in [-0.3, -0.25) is 9.59 Å². The minimum Gasteiger partial charge on any atom is -0.339 e. The van der Waals surface area contributed by atoms with Crippen LogP contribution >= 0.6 is 11.3 Å². The summed E-state index contributed by atoms with van der Waals surface area (Å²) in [6.07, 6.45) is 2.48. The zero-order chi connectivity index (χ0) is 14.9. The molecule has 20 heavy (non-hydrogen) atoms. The molecule has 1 atom stereocenters. The van der Waals surface area contributed by atoms with Gasteiger partial charge in [0.25, 0.3) is 11.8 Å². The van der Waals surface area contributed by atoms with Crippen molar-refractivity contribution in [2.75, 3.05) is 13.1 Å². The summed E-state index contributed by atoms with van der Waals surface area (Å²) in [5, 5.41) is 2.37. The molecule has 1 aromatic heterocycles. The summed E-state index contributed by atoms with van der Waals surface area (Å²) >= 11 is 1.13. The second-order valence-electron chi connectivity index (χ2n) is 4.49. The lowest BCUT2D eigenvalue weighted by molar-refractivity contribution is -0.126. The van der Waals surface area contributed by atoms with Gasteiger partial charge in [-0.15, -0.1) is 11.3 Å². The highest BCUT2D eigenvalue weighted by Gasteiger charge is 2.50. The largest absolute Gasteiger partial charge is 0.339 e. The summed E-state index contributed by atoms with van der Waals surface area (Å²) in [4.78, 5) is 28.8. The van der Waals surface area contributed by atoms with Gasteiger partial charge in [0, 0.05) is 17.6 Å². The van der Waals surface area contributed by atoms with Crippen molar-refractivity contribution in [1.29, 1.82) is 0 Å². The average molecular weight is 301 g/mol. The van der Waals surface area contributed by atoms with Gasteiger partial charge in [0.2, 0.25) is 5.91 Å². The molecule has 2 amide bonds. The predicted octanol–water partition coefficient (Wildman–Crippen LogP) is 1.21. The van der Waals surface area contributed by atoms with E-state index in [0.29, 0.717) is 0 Å². The Morgan fingerprint density at radius 1 is 1.65 bits per heavy atom. The number of hydrogen-bond donors (Lipinski definition) is 1. The molecule has 0 saturated carbocycles. The van der Waals surface area contributed by atoms with Gasteiger partial charge in [0.05, 0.1) is 6.54 Å². The standard InChI is InChI=1S/C12H13F2N3O2S/c1-3-9(18)17-5-8(12(13,14)6-17)16-10(19)11-15-4-7(2)20-11/h3-4,8H,1,5-6H2,2H3,(H,16,19). The maximum Gasteiger partial charge on any atom is 0.286 e. The van der Waals surface area contributed by atoms with Gasteiger partial charge in [0.1, 0.15) is 6.04 Å². The molecule has 0 spiro atoms. The zero-order valence-corrected chi connectivity index (χ0v) is 11.5. The van der Waals surface area contributed by atoms with Crippen LogP contribution in [0.2, 0.25) is 0 Å².